The molecule has 0 N–H and O–H groups in total. The number of carbonyl (C=O) groups is 1. The van der Waals surface area contributed by atoms with Gasteiger partial charge in [-0.25, -0.2) is 0 Å². The molecular formula is C23H23N3OS. The summed E-state index contributed by atoms with van der Waals surface area (Å²) in [6.45, 7) is 3.77. The van der Waals surface area contributed by atoms with Gasteiger partial charge in [-0.15, -0.1) is 0 Å². The van der Waals surface area contributed by atoms with E-state index in [2.05, 4.69) is 40.2 Å². The molecule has 2 fully saturated rings. The molecule has 0 saturated carbocycles. The number of anilines is 1. The maximum absolute atomic E-state index is 12.5. The predicted octanol–water partition coefficient (Wildman–Crippen LogP) is 4.38. The molecular weight excluding hydrogens is 366 g/mol. The van der Waals surface area contributed by atoms with Gasteiger partial charge in [0, 0.05) is 61.5 Å². The standard InChI is InChI=1S/C23H23N3OS/c27-23(20-8-11-28-16-20)25-10-7-19(13-25)17-3-5-22(6-4-17)26-14-21(15-26)18-2-1-9-24-12-18/h1-6,8-9,11-12,16,19,21H,7,10,13-15H2. The maximum Gasteiger partial charge on any atom is 0.254 e. The first-order chi connectivity index (χ1) is 13.8. The fraction of sp³-hybridized carbons (Fsp3) is 0.304. The zero-order chi connectivity index (χ0) is 18.9. The highest BCUT2D eigenvalue weighted by atomic mass is 32.1. The molecule has 2 aliphatic rings. The number of rotatable bonds is 4. The van der Waals surface area contributed by atoms with Crippen molar-refractivity contribution in [2.75, 3.05) is 31.1 Å². The average molecular weight is 390 g/mol. The van der Waals surface area contributed by atoms with Gasteiger partial charge in [-0.2, -0.15) is 11.3 Å². The number of hydrogen-bond donors (Lipinski definition) is 0. The number of carbonyl (C=O) groups excluding carboxylic acids is 1. The summed E-state index contributed by atoms with van der Waals surface area (Å²) in [5, 5.41) is 3.91. The van der Waals surface area contributed by atoms with E-state index in [1.165, 1.54) is 16.8 Å². The lowest BCUT2D eigenvalue weighted by Gasteiger charge is -2.41. The third-order valence-electron chi connectivity index (χ3n) is 6.01. The average Bonchev–Trinajstić information content (AvgIpc) is 3.40. The maximum atomic E-state index is 12.5. The Morgan fingerprint density at radius 1 is 1.00 bits per heavy atom. The molecule has 2 aromatic heterocycles. The molecule has 0 bridgehead atoms. The van der Waals surface area contributed by atoms with Gasteiger partial charge in [0.1, 0.15) is 0 Å². The summed E-state index contributed by atoms with van der Waals surface area (Å²) >= 11 is 1.58. The quantitative estimate of drug-likeness (QED) is 0.665. The van der Waals surface area contributed by atoms with E-state index in [0.717, 1.165) is 38.2 Å². The minimum atomic E-state index is 0.169. The number of thiophene rings is 1. The van der Waals surface area contributed by atoms with Crippen LogP contribution in [0.15, 0.2) is 65.6 Å². The Labute approximate surface area is 169 Å². The molecule has 0 aliphatic carbocycles. The van der Waals surface area contributed by atoms with Gasteiger partial charge in [0.15, 0.2) is 0 Å². The van der Waals surface area contributed by atoms with Crippen LogP contribution in [0, 0.1) is 0 Å². The fourth-order valence-corrected chi connectivity index (χ4v) is 4.89. The van der Waals surface area contributed by atoms with Crippen LogP contribution < -0.4 is 4.90 Å². The van der Waals surface area contributed by atoms with Crippen molar-refractivity contribution in [2.45, 2.75) is 18.3 Å². The van der Waals surface area contributed by atoms with Gasteiger partial charge < -0.3 is 9.80 Å². The lowest BCUT2D eigenvalue weighted by molar-refractivity contribution is 0.0791. The summed E-state index contributed by atoms with van der Waals surface area (Å²) in [5.41, 5.74) is 4.78. The van der Waals surface area contributed by atoms with Gasteiger partial charge in [-0.1, -0.05) is 18.2 Å². The second kappa shape index (κ2) is 7.40. The van der Waals surface area contributed by atoms with Crippen LogP contribution in [-0.2, 0) is 0 Å². The highest BCUT2D eigenvalue weighted by molar-refractivity contribution is 7.08. The molecule has 3 aromatic rings. The monoisotopic (exact) mass is 389 g/mol. The molecule has 1 atom stereocenters. The Morgan fingerprint density at radius 3 is 2.57 bits per heavy atom. The molecule has 0 radical (unpaired) electrons. The first-order valence-electron chi connectivity index (χ1n) is 9.84. The Bertz CT molecular complexity index is 934. The number of nitrogens with zero attached hydrogens (tertiary/aromatic N) is 3. The third-order valence-corrected chi connectivity index (χ3v) is 6.69. The van der Waals surface area contributed by atoms with Crippen molar-refractivity contribution in [3.63, 3.8) is 0 Å². The number of benzene rings is 1. The van der Waals surface area contributed by atoms with Gasteiger partial charge in [-0.3, -0.25) is 9.78 Å². The number of hydrogen-bond acceptors (Lipinski definition) is 4. The van der Waals surface area contributed by atoms with E-state index in [-0.39, 0.29) is 5.91 Å². The number of aromatic nitrogens is 1. The van der Waals surface area contributed by atoms with Crippen molar-refractivity contribution in [1.82, 2.24) is 9.88 Å². The van der Waals surface area contributed by atoms with Crippen molar-refractivity contribution in [3.8, 4) is 0 Å². The summed E-state index contributed by atoms with van der Waals surface area (Å²) in [7, 11) is 0. The zero-order valence-corrected chi connectivity index (χ0v) is 16.5. The molecule has 2 aliphatic heterocycles. The van der Waals surface area contributed by atoms with E-state index < -0.39 is 0 Å². The first kappa shape index (κ1) is 17.4. The molecule has 1 aromatic carbocycles. The number of amides is 1. The summed E-state index contributed by atoms with van der Waals surface area (Å²) in [5.74, 6) is 1.19. The van der Waals surface area contributed by atoms with Crippen LogP contribution >= 0.6 is 11.3 Å². The van der Waals surface area contributed by atoms with Crippen LogP contribution in [-0.4, -0.2) is 42.0 Å². The molecule has 5 rings (SSSR count). The van der Waals surface area contributed by atoms with Gasteiger partial charge in [-0.05, 0) is 47.2 Å². The summed E-state index contributed by atoms with van der Waals surface area (Å²) in [4.78, 5) is 21.2. The Kier molecular flexibility index (Phi) is 4.61. The van der Waals surface area contributed by atoms with Gasteiger partial charge in [0.05, 0.1) is 5.56 Å². The number of likely N-dealkylation sites (tertiary alicyclic amines) is 1. The molecule has 28 heavy (non-hydrogen) atoms. The SMILES string of the molecule is O=C(c1ccsc1)N1CCC(c2ccc(N3CC(c4cccnc4)C3)cc2)C1. The molecule has 1 amide bonds. The van der Waals surface area contributed by atoms with Gasteiger partial charge in [0.25, 0.3) is 5.91 Å². The van der Waals surface area contributed by atoms with Crippen LogP contribution in [0.1, 0.15) is 39.7 Å². The Balaban J connectivity index is 1.19. The zero-order valence-electron chi connectivity index (χ0n) is 15.7. The first-order valence-corrected chi connectivity index (χ1v) is 10.8. The van der Waals surface area contributed by atoms with Crippen LogP contribution in [0.3, 0.4) is 0 Å². The van der Waals surface area contributed by atoms with Crippen molar-refractivity contribution < 1.29 is 4.79 Å². The van der Waals surface area contributed by atoms with Crippen molar-refractivity contribution in [2.24, 2.45) is 0 Å². The largest absolute Gasteiger partial charge is 0.370 e. The van der Waals surface area contributed by atoms with E-state index in [4.69, 9.17) is 0 Å². The normalized spacial score (nSPS) is 19.6. The summed E-state index contributed by atoms with van der Waals surface area (Å²) < 4.78 is 0. The van der Waals surface area contributed by atoms with Crippen molar-refractivity contribution in [1.29, 1.82) is 0 Å². The molecule has 5 heteroatoms. The van der Waals surface area contributed by atoms with E-state index in [9.17, 15) is 4.79 Å². The lowest BCUT2D eigenvalue weighted by atomic mass is 9.91. The van der Waals surface area contributed by atoms with E-state index in [1.54, 1.807) is 11.3 Å². The second-order valence-corrected chi connectivity index (χ2v) is 8.51. The molecule has 1 unspecified atom stereocenters. The topological polar surface area (TPSA) is 36.4 Å². The molecule has 4 nitrogen and oxygen atoms in total. The van der Waals surface area contributed by atoms with Crippen molar-refractivity contribution >= 4 is 22.9 Å². The van der Waals surface area contributed by atoms with E-state index >= 15 is 0 Å². The minimum absolute atomic E-state index is 0.169. The minimum Gasteiger partial charge on any atom is -0.370 e. The Morgan fingerprint density at radius 2 is 1.86 bits per heavy atom. The molecule has 4 heterocycles. The van der Waals surface area contributed by atoms with Crippen LogP contribution in [0.25, 0.3) is 0 Å². The summed E-state index contributed by atoms with van der Waals surface area (Å²) in [6.07, 6.45) is 4.85. The summed E-state index contributed by atoms with van der Waals surface area (Å²) in [6, 6.07) is 15.1. The smallest absolute Gasteiger partial charge is 0.254 e. The molecule has 2 saturated heterocycles. The predicted molar refractivity (Wildman–Crippen MR) is 113 cm³/mol. The van der Waals surface area contributed by atoms with Crippen LogP contribution in [0.5, 0.6) is 0 Å². The lowest BCUT2D eigenvalue weighted by Crippen LogP contribution is -2.45. The van der Waals surface area contributed by atoms with E-state index in [0.29, 0.717) is 11.8 Å². The highest BCUT2D eigenvalue weighted by Gasteiger charge is 2.30. The second-order valence-electron chi connectivity index (χ2n) is 7.73. The van der Waals surface area contributed by atoms with Crippen LogP contribution in [0.2, 0.25) is 0 Å². The van der Waals surface area contributed by atoms with Gasteiger partial charge in [0.2, 0.25) is 0 Å². The molecule has 0 spiro atoms. The number of pyridine rings is 1. The Hall–Kier alpha value is -2.66. The van der Waals surface area contributed by atoms with E-state index in [1.807, 2.05) is 40.2 Å². The fourth-order valence-electron chi connectivity index (χ4n) is 4.26. The molecule has 142 valence electrons. The van der Waals surface area contributed by atoms with Crippen LogP contribution in [0.4, 0.5) is 5.69 Å². The van der Waals surface area contributed by atoms with Crippen molar-refractivity contribution in [3.05, 3.63) is 82.3 Å². The third kappa shape index (κ3) is 3.31. The highest BCUT2D eigenvalue weighted by Crippen LogP contribution is 2.33. The van der Waals surface area contributed by atoms with Gasteiger partial charge >= 0.3 is 0 Å².